The predicted octanol–water partition coefficient (Wildman–Crippen LogP) is 2.79. The summed E-state index contributed by atoms with van der Waals surface area (Å²) in [4.78, 5) is 25.4. The van der Waals surface area contributed by atoms with Gasteiger partial charge >= 0.3 is 0 Å². The van der Waals surface area contributed by atoms with Gasteiger partial charge in [-0.25, -0.2) is 9.97 Å². The number of hydrogen-bond acceptors (Lipinski definition) is 5. The Hall–Kier alpha value is -1.89. The van der Waals surface area contributed by atoms with Gasteiger partial charge in [-0.05, 0) is 31.3 Å². The first-order valence-corrected chi connectivity index (χ1v) is 8.31. The lowest BCUT2D eigenvalue weighted by Gasteiger charge is -2.32. The minimum absolute atomic E-state index is 0.301. The number of hydrogen-bond donors (Lipinski definition) is 1. The molecule has 0 atom stereocenters. The highest BCUT2D eigenvalue weighted by atomic mass is 35.5. The summed E-state index contributed by atoms with van der Waals surface area (Å²) in [6, 6.07) is 6.46. The zero-order valence-corrected chi connectivity index (χ0v) is 14.7. The molecule has 1 aliphatic heterocycles. The quantitative estimate of drug-likeness (QED) is 0.905. The number of amides is 1. The zero-order chi connectivity index (χ0) is 17.1. The average Bonchev–Trinajstić information content (AvgIpc) is 2.54. The Morgan fingerprint density at radius 1 is 1.12 bits per heavy atom. The van der Waals surface area contributed by atoms with Crippen molar-refractivity contribution in [2.75, 3.05) is 43.4 Å². The molecular weight excluding hydrogens is 349 g/mol. The maximum atomic E-state index is 12.4. The van der Waals surface area contributed by atoms with E-state index in [0.717, 1.165) is 26.2 Å². The SMILES string of the molecule is CN1CCN(c2nccc(C(=O)Nc3cc(Cl)cc(Cl)c3)n2)CC1. The highest BCUT2D eigenvalue weighted by Crippen LogP contribution is 2.23. The van der Waals surface area contributed by atoms with Gasteiger partial charge in [-0.15, -0.1) is 0 Å². The van der Waals surface area contributed by atoms with Crippen molar-refractivity contribution in [3.63, 3.8) is 0 Å². The first-order chi connectivity index (χ1) is 11.5. The Morgan fingerprint density at radius 2 is 1.79 bits per heavy atom. The van der Waals surface area contributed by atoms with Crippen LogP contribution in [0.2, 0.25) is 10.0 Å². The number of piperazine rings is 1. The molecule has 1 amide bonds. The molecule has 24 heavy (non-hydrogen) atoms. The Bertz CT molecular complexity index is 727. The molecule has 1 aromatic carbocycles. The van der Waals surface area contributed by atoms with Crippen LogP contribution in [0, 0.1) is 0 Å². The van der Waals surface area contributed by atoms with E-state index >= 15 is 0 Å². The third-order valence-electron chi connectivity index (χ3n) is 3.78. The molecule has 0 spiro atoms. The summed E-state index contributed by atoms with van der Waals surface area (Å²) in [5, 5.41) is 3.67. The molecule has 0 aliphatic carbocycles. The monoisotopic (exact) mass is 365 g/mol. The van der Waals surface area contributed by atoms with E-state index in [1.54, 1.807) is 30.5 Å². The number of nitrogens with zero attached hydrogens (tertiary/aromatic N) is 4. The van der Waals surface area contributed by atoms with Gasteiger partial charge in [0.1, 0.15) is 5.69 Å². The summed E-state index contributed by atoms with van der Waals surface area (Å²) in [5.41, 5.74) is 0.826. The smallest absolute Gasteiger partial charge is 0.274 e. The molecule has 126 valence electrons. The molecule has 2 heterocycles. The van der Waals surface area contributed by atoms with Crippen LogP contribution in [0.3, 0.4) is 0 Å². The van der Waals surface area contributed by atoms with E-state index in [-0.39, 0.29) is 5.91 Å². The average molecular weight is 366 g/mol. The molecular formula is C16H17Cl2N5O. The van der Waals surface area contributed by atoms with Crippen molar-refractivity contribution in [2.45, 2.75) is 0 Å². The van der Waals surface area contributed by atoms with Crippen LogP contribution in [0.4, 0.5) is 11.6 Å². The number of carbonyl (C=O) groups excluding carboxylic acids is 1. The lowest BCUT2D eigenvalue weighted by atomic mass is 10.3. The summed E-state index contributed by atoms with van der Waals surface area (Å²) in [5.74, 6) is 0.242. The second-order valence-electron chi connectivity index (χ2n) is 5.64. The summed E-state index contributed by atoms with van der Waals surface area (Å²) >= 11 is 11.9. The standard InChI is InChI=1S/C16H17Cl2N5O/c1-22-4-6-23(7-5-22)16-19-3-2-14(21-16)15(24)20-13-9-11(17)8-12(18)10-13/h2-3,8-10H,4-7H2,1H3,(H,20,24). The summed E-state index contributed by atoms with van der Waals surface area (Å²) in [6.07, 6.45) is 1.60. The number of anilines is 2. The Kier molecular flexibility index (Phi) is 5.18. The third-order valence-corrected chi connectivity index (χ3v) is 4.22. The molecule has 1 saturated heterocycles. The van der Waals surface area contributed by atoms with Crippen molar-refractivity contribution in [3.8, 4) is 0 Å². The van der Waals surface area contributed by atoms with E-state index in [9.17, 15) is 4.79 Å². The van der Waals surface area contributed by atoms with Gasteiger partial charge in [-0.3, -0.25) is 4.79 Å². The fraction of sp³-hybridized carbons (Fsp3) is 0.312. The van der Waals surface area contributed by atoms with E-state index < -0.39 is 0 Å². The highest BCUT2D eigenvalue weighted by Gasteiger charge is 2.18. The molecule has 0 bridgehead atoms. The van der Waals surface area contributed by atoms with Gasteiger partial charge in [0.15, 0.2) is 0 Å². The van der Waals surface area contributed by atoms with Gasteiger partial charge in [0.25, 0.3) is 5.91 Å². The van der Waals surface area contributed by atoms with Crippen LogP contribution in [-0.2, 0) is 0 Å². The molecule has 8 heteroatoms. The van der Waals surface area contributed by atoms with Gasteiger partial charge in [-0.2, -0.15) is 0 Å². The lowest BCUT2D eigenvalue weighted by molar-refractivity contribution is 0.102. The summed E-state index contributed by atoms with van der Waals surface area (Å²) in [6.45, 7) is 3.57. The van der Waals surface area contributed by atoms with Crippen LogP contribution in [-0.4, -0.2) is 54.0 Å². The molecule has 0 saturated carbocycles. The Morgan fingerprint density at radius 3 is 2.46 bits per heavy atom. The largest absolute Gasteiger partial charge is 0.338 e. The second kappa shape index (κ2) is 7.34. The van der Waals surface area contributed by atoms with Gasteiger partial charge in [0.05, 0.1) is 0 Å². The third kappa shape index (κ3) is 4.14. The number of likely N-dealkylation sites (N-methyl/N-ethyl adjacent to an activating group) is 1. The Balaban J connectivity index is 1.74. The normalized spacial score (nSPS) is 15.4. The van der Waals surface area contributed by atoms with E-state index in [0.29, 0.717) is 27.4 Å². The molecule has 1 aromatic heterocycles. The van der Waals surface area contributed by atoms with Gasteiger partial charge in [-0.1, -0.05) is 23.2 Å². The van der Waals surface area contributed by atoms with Crippen LogP contribution >= 0.6 is 23.2 Å². The predicted molar refractivity (Wildman–Crippen MR) is 96.2 cm³/mol. The van der Waals surface area contributed by atoms with Crippen molar-refractivity contribution in [1.29, 1.82) is 0 Å². The van der Waals surface area contributed by atoms with E-state index in [4.69, 9.17) is 23.2 Å². The minimum atomic E-state index is -0.328. The van der Waals surface area contributed by atoms with E-state index in [1.807, 2.05) is 0 Å². The van der Waals surface area contributed by atoms with Crippen LogP contribution in [0.5, 0.6) is 0 Å². The van der Waals surface area contributed by atoms with Crippen molar-refractivity contribution < 1.29 is 4.79 Å². The van der Waals surface area contributed by atoms with E-state index in [2.05, 4.69) is 32.1 Å². The van der Waals surface area contributed by atoms with Crippen LogP contribution in [0.15, 0.2) is 30.5 Å². The molecule has 2 aromatic rings. The number of rotatable bonds is 3. The Labute approximate surface area is 150 Å². The maximum Gasteiger partial charge on any atom is 0.274 e. The summed E-state index contributed by atoms with van der Waals surface area (Å²) in [7, 11) is 2.08. The molecule has 1 aliphatic rings. The topological polar surface area (TPSA) is 61.4 Å². The molecule has 1 fully saturated rings. The minimum Gasteiger partial charge on any atom is -0.338 e. The van der Waals surface area contributed by atoms with Crippen molar-refractivity contribution >= 4 is 40.7 Å². The first-order valence-electron chi connectivity index (χ1n) is 7.55. The fourth-order valence-corrected chi connectivity index (χ4v) is 2.98. The molecule has 3 rings (SSSR count). The molecule has 0 unspecified atom stereocenters. The summed E-state index contributed by atoms with van der Waals surface area (Å²) < 4.78 is 0. The van der Waals surface area contributed by atoms with Crippen molar-refractivity contribution in [2.24, 2.45) is 0 Å². The fourth-order valence-electron chi connectivity index (χ4n) is 2.45. The number of aromatic nitrogens is 2. The van der Waals surface area contributed by atoms with Crippen LogP contribution < -0.4 is 10.2 Å². The second-order valence-corrected chi connectivity index (χ2v) is 6.52. The van der Waals surface area contributed by atoms with Crippen molar-refractivity contribution in [1.82, 2.24) is 14.9 Å². The van der Waals surface area contributed by atoms with Crippen molar-refractivity contribution in [3.05, 3.63) is 46.2 Å². The maximum absolute atomic E-state index is 12.4. The van der Waals surface area contributed by atoms with Gasteiger partial charge in [0.2, 0.25) is 5.95 Å². The number of benzene rings is 1. The molecule has 6 nitrogen and oxygen atoms in total. The molecule has 0 radical (unpaired) electrons. The first kappa shape index (κ1) is 17.0. The number of halogens is 2. The number of nitrogens with one attached hydrogen (secondary N) is 1. The van der Waals surface area contributed by atoms with Gasteiger partial charge in [0, 0.05) is 48.1 Å². The lowest BCUT2D eigenvalue weighted by Crippen LogP contribution is -2.45. The van der Waals surface area contributed by atoms with Crippen LogP contribution in [0.25, 0.3) is 0 Å². The van der Waals surface area contributed by atoms with Crippen LogP contribution in [0.1, 0.15) is 10.5 Å². The zero-order valence-electron chi connectivity index (χ0n) is 13.2. The van der Waals surface area contributed by atoms with Gasteiger partial charge < -0.3 is 15.1 Å². The van der Waals surface area contributed by atoms with E-state index in [1.165, 1.54) is 0 Å². The number of carbonyl (C=O) groups is 1. The highest BCUT2D eigenvalue weighted by molar-refractivity contribution is 6.35. The molecule has 1 N–H and O–H groups in total.